The molecule has 3 aromatic rings. The number of hydrogen-bond donors (Lipinski definition) is 4. The molecule has 0 atom stereocenters. The van der Waals surface area contributed by atoms with E-state index in [1.54, 1.807) is 0 Å². The van der Waals surface area contributed by atoms with Crippen molar-refractivity contribution >= 4 is 16.5 Å². The Morgan fingerprint density at radius 2 is 1.13 bits per heavy atom. The van der Waals surface area contributed by atoms with E-state index in [0.29, 0.717) is 0 Å². The summed E-state index contributed by atoms with van der Waals surface area (Å²) in [7, 11) is -5.74. The SMILES string of the molecule is CCc1cc(C)c(C)c(-c2ccc(-c3ccccc3)cc2)c1.O=[P+](O)O.O=[P+](O)O. The Labute approximate surface area is 178 Å². The minimum absolute atomic E-state index is 1.08. The molecular weight excluding hydrogens is 422 g/mol. The van der Waals surface area contributed by atoms with Gasteiger partial charge in [0.1, 0.15) is 0 Å². The minimum Gasteiger partial charge on any atom is -0.134 e. The molecule has 0 unspecified atom stereocenters. The van der Waals surface area contributed by atoms with Crippen molar-refractivity contribution in [2.45, 2.75) is 27.2 Å². The molecular formula is C22H26O6P2+2. The molecule has 3 aromatic carbocycles. The fourth-order valence-electron chi connectivity index (χ4n) is 2.91. The lowest BCUT2D eigenvalue weighted by Gasteiger charge is -2.12. The van der Waals surface area contributed by atoms with Gasteiger partial charge in [-0.3, -0.25) is 0 Å². The average Bonchev–Trinajstić information content (AvgIpc) is 2.70. The third-order valence-corrected chi connectivity index (χ3v) is 4.44. The van der Waals surface area contributed by atoms with Crippen LogP contribution in [0.4, 0.5) is 0 Å². The van der Waals surface area contributed by atoms with Crippen molar-refractivity contribution in [1.29, 1.82) is 0 Å². The molecule has 158 valence electrons. The Morgan fingerprint density at radius 1 is 0.700 bits per heavy atom. The molecule has 8 heteroatoms. The van der Waals surface area contributed by atoms with Crippen LogP contribution >= 0.6 is 16.5 Å². The van der Waals surface area contributed by atoms with Gasteiger partial charge >= 0.3 is 16.5 Å². The molecule has 0 heterocycles. The Morgan fingerprint density at radius 3 is 1.60 bits per heavy atom. The van der Waals surface area contributed by atoms with Gasteiger partial charge in [0.2, 0.25) is 0 Å². The summed E-state index contributed by atoms with van der Waals surface area (Å²) in [6.07, 6.45) is 1.08. The van der Waals surface area contributed by atoms with Crippen LogP contribution in [-0.4, -0.2) is 19.6 Å². The molecule has 3 rings (SSSR count). The molecule has 0 saturated heterocycles. The molecule has 6 nitrogen and oxygen atoms in total. The second-order valence-corrected chi connectivity index (χ2v) is 7.40. The van der Waals surface area contributed by atoms with Crippen molar-refractivity contribution in [2.24, 2.45) is 0 Å². The third-order valence-electron chi connectivity index (χ3n) is 4.44. The van der Waals surface area contributed by atoms with E-state index in [4.69, 9.17) is 28.7 Å². The van der Waals surface area contributed by atoms with Gasteiger partial charge in [-0.25, -0.2) is 0 Å². The Hall–Kier alpha value is -2.30. The topological polar surface area (TPSA) is 115 Å². The third kappa shape index (κ3) is 9.02. The highest BCUT2D eigenvalue weighted by molar-refractivity contribution is 7.31. The van der Waals surface area contributed by atoms with Crippen LogP contribution in [0.25, 0.3) is 22.3 Å². The number of benzene rings is 3. The summed E-state index contributed by atoms with van der Waals surface area (Å²) in [6.45, 7) is 6.64. The first-order valence-electron chi connectivity index (χ1n) is 9.11. The summed E-state index contributed by atoms with van der Waals surface area (Å²) in [4.78, 5) is 28.5. The summed E-state index contributed by atoms with van der Waals surface area (Å²) < 4.78 is 17.4. The molecule has 0 fully saturated rings. The molecule has 4 N–H and O–H groups in total. The lowest BCUT2D eigenvalue weighted by molar-refractivity contribution is 0.403. The van der Waals surface area contributed by atoms with E-state index in [1.165, 1.54) is 38.9 Å². The van der Waals surface area contributed by atoms with E-state index < -0.39 is 16.5 Å². The second-order valence-electron chi connectivity index (χ2n) is 6.39. The maximum Gasteiger partial charge on any atom is 0.692 e. The normalized spacial score (nSPS) is 9.57. The highest BCUT2D eigenvalue weighted by atomic mass is 31.1. The lowest BCUT2D eigenvalue weighted by Crippen LogP contribution is -1.92. The van der Waals surface area contributed by atoms with Crippen LogP contribution < -0.4 is 0 Å². The highest BCUT2D eigenvalue weighted by Crippen LogP contribution is 2.29. The molecule has 30 heavy (non-hydrogen) atoms. The molecule has 0 bridgehead atoms. The number of hydrogen-bond acceptors (Lipinski definition) is 2. The standard InChI is InChI=1S/C22H22.2HO3P/c1-4-18-14-16(2)17(3)22(15-18)21-12-10-20(11-13-21)19-8-6-5-7-9-19;2*1-4(2)3/h5-15H,4H2,1-3H3;2*(H-,1,2,3)/p+2. The lowest BCUT2D eigenvalue weighted by atomic mass is 9.92. The van der Waals surface area contributed by atoms with Crippen LogP contribution in [0.1, 0.15) is 23.6 Å². The van der Waals surface area contributed by atoms with Crippen molar-refractivity contribution in [2.75, 3.05) is 0 Å². The molecule has 0 aromatic heterocycles. The quantitative estimate of drug-likeness (QED) is 0.396. The van der Waals surface area contributed by atoms with Gasteiger partial charge in [0.25, 0.3) is 0 Å². The first kappa shape index (κ1) is 25.7. The first-order chi connectivity index (χ1) is 14.1. The fourth-order valence-corrected chi connectivity index (χ4v) is 2.91. The van der Waals surface area contributed by atoms with Crippen LogP contribution in [0, 0.1) is 13.8 Å². The van der Waals surface area contributed by atoms with Gasteiger partial charge in [0, 0.05) is 9.13 Å². The minimum atomic E-state index is -2.87. The second kappa shape index (κ2) is 13.1. The summed E-state index contributed by atoms with van der Waals surface area (Å²) in [6, 6.07) is 24.1. The fraction of sp³-hybridized carbons (Fsp3) is 0.182. The number of rotatable bonds is 3. The van der Waals surface area contributed by atoms with E-state index in [9.17, 15) is 0 Å². The van der Waals surface area contributed by atoms with Gasteiger partial charge in [-0.05, 0) is 59.2 Å². The molecule has 0 saturated carbocycles. The van der Waals surface area contributed by atoms with Gasteiger partial charge < -0.3 is 0 Å². The molecule has 0 radical (unpaired) electrons. The predicted molar refractivity (Wildman–Crippen MR) is 120 cm³/mol. The Kier molecular flexibility index (Phi) is 11.2. The summed E-state index contributed by atoms with van der Waals surface area (Å²) in [5, 5.41) is 0. The Balaban J connectivity index is 0.000000485. The van der Waals surface area contributed by atoms with Gasteiger partial charge in [0.15, 0.2) is 0 Å². The predicted octanol–water partition coefficient (Wildman–Crippen LogP) is 5.46. The average molecular weight is 448 g/mol. The maximum absolute atomic E-state index is 8.70. The van der Waals surface area contributed by atoms with E-state index >= 15 is 0 Å². The maximum atomic E-state index is 8.70. The van der Waals surface area contributed by atoms with E-state index in [1.807, 2.05) is 0 Å². The van der Waals surface area contributed by atoms with Crippen LogP contribution in [0.5, 0.6) is 0 Å². The largest absolute Gasteiger partial charge is 0.692 e. The monoisotopic (exact) mass is 448 g/mol. The summed E-state index contributed by atoms with van der Waals surface area (Å²) >= 11 is 0. The number of aryl methyl sites for hydroxylation is 2. The summed E-state index contributed by atoms with van der Waals surface area (Å²) in [5.74, 6) is 0. The van der Waals surface area contributed by atoms with Crippen molar-refractivity contribution in [3.63, 3.8) is 0 Å². The zero-order valence-electron chi connectivity index (χ0n) is 17.1. The molecule has 0 spiro atoms. The zero-order chi connectivity index (χ0) is 22.7. The Bertz CT molecular complexity index is 953. The van der Waals surface area contributed by atoms with Crippen LogP contribution in [0.2, 0.25) is 0 Å². The zero-order valence-corrected chi connectivity index (χ0v) is 18.8. The van der Waals surface area contributed by atoms with Crippen molar-refractivity contribution in [1.82, 2.24) is 0 Å². The van der Waals surface area contributed by atoms with Crippen LogP contribution in [0.3, 0.4) is 0 Å². The van der Waals surface area contributed by atoms with Crippen LogP contribution in [0.15, 0.2) is 66.7 Å². The first-order valence-corrected chi connectivity index (χ1v) is 11.4. The van der Waals surface area contributed by atoms with Gasteiger partial charge in [-0.1, -0.05) is 73.7 Å². The van der Waals surface area contributed by atoms with E-state index in [-0.39, 0.29) is 0 Å². The van der Waals surface area contributed by atoms with Crippen molar-refractivity contribution < 1.29 is 28.7 Å². The molecule has 0 aliphatic heterocycles. The van der Waals surface area contributed by atoms with E-state index in [0.717, 1.165) is 6.42 Å². The molecule has 0 aliphatic carbocycles. The molecule has 0 amide bonds. The van der Waals surface area contributed by atoms with Gasteiger partial charge in [-0.15, -0.1) is 19.6 Å². The van der Waals surface area contributed by atoms with Crippen molar-refractivity contribution in [3.8, 4) is 22.3 Å². The van der Waals surface area contributed by atoms with E-state index in [2.05, 4.69) is 87.5 Å². The van der Waals surface area contributed by atoms with Gasteiger partial charge in [0.05, 0.1) is 0 Å². The summed E-state index contributed by atoms with van der Waals surface area (Å²) in [5.41, 5.74) is 9.36. The van der Waals surface area contributed by atoms with Gasteiger partial charge in [-0.2, -0.15) is 0 Å². The molecule has 0 aliphatic rings. The smallest absolute Gasteiger partial charge is 0.134 e. The van der Waals surface area contributed by atoms with Crippen molar-refractivity contribution in [3.05, 3.63) is 83.4 Å². The van der Waals surface area contributed by atoms with Crippen LogP contribution in [-0.2, 0) is 15.6 Å². The highest BCUT2D eigenvalue weighted by Gasteiger charge is 2.07.